The molecule has 0 bridgehead atoms. The lowest BCUT2D eigenvalue weighted by atomic mass is 10.1. The largest absolute Gasteiger partial charge is 0.464 e. The van der Waals surface area contributed by atoms with Crippen LogP contribution in [0, 0.1) is 5.92 Å². The maximum absolute atomic E-state index is 12.9. The molecule has 2 fully saturated rings. The molecule has 2 aliphatic rings. The Labute approximate surface area is 166 Å². The second-order valence-corrected chi connectivity index (χ2v) is 8.32. The third-order valence-corrected chi connectivity index (χ3v) is 5.69. The van der Waals surface area contributed by atoms with Crippen LogP contribution in [0.3, 0.4) is 0 Å². The van der Waals surface area contributed by atoms with Crippen molar-refractivity contribution in [1.29, 1.82) is 0 Å². The summed E-state index contributed by atoms with van der Waals surface area (Å²) in [6, 6.07) is 13.2. The summed E-state index contributed by atoms with van der Waals surface area (Å²) in [5.41, 5.74) is 0.610. The van der Waals surface area contributed by atoms with Crippen molar-refractivity contribution in [2.75, 3.05) is 0 Å². The summed E-state index contributed by atoms with van der Waals surface area (Å²) in [6.07, 6.45) is 3.58. The van der Waals surface area contributed by atoms with Crippen LogP contribution in [0.2, 0.25) is 0 Å². The zero-order chi connectivity index (χ0) is 19.7. The molecule has 5 nitrogen and oxygen atoms in total. The van der Waals surface area contributed by atoms with Crippen molar-refractivity contribution in [2.45, 2.75) is 64.1 Å². The van der Waals surface area contributed by atoms with E-state index >= 15 is 0 Å². The van der Waals surface area contributed by atoms with Crippen LogP contribution in [-0.2, 0) is 11.3 Å². The number of carbonyl (C=O) groups excluding carboxylic acids is 2. The second kappa shape index (κ2) is 7.82. The van der Waals surface area contributed by atoms with E-state index < -0.39 is 0 Å². The van der Waals surface area contributed by atoms with Crippen LogP contribution in [0.1, 0.15) is 67.3 Å². The van der Waals surface area contributed by atoms with E-state index in [1.54, 1.807) is 12.1 Å². The fraction of sp³-hybridized carbons (Fsp3) is 0.478. The van der Waals surface area contributed by atoms with Gasteiger partial charge < -0.3 is 14.6 Å². The van der Waals surface area contributed by atoms with Crippen molar-refractivity contribution in [3.63, 3.8) is 0 Å². The number of rotatable bonds is 8. The van der Waals surface area contributed by atoms with Crippen LogP contribution < -0.4 is 5.32 Å². The molecule has 2 saturated carbocycles. The van der Waals surface area contributed by atoms with Crippen molar-refractivity contribution in [2.24, 2.45) is 5.92 Å². The Hall–Kier alpha value is -2.56. The van der Waals surface area contributed by atoms with Gasteiger partial charge in [-0.3, -0.25) is 9.59 Å². The molecular formula is C23H28N2O3. The van der Waals surface area contributed by atoms with E-state index in [1.165, 1.54) is 6.42 Å². The van der Waals surface area contributed by atoms with E-state index in [0.29, 0.717) is 36.4 Å². The van der Waals surface area contributed by atoms with Crippen LogP contribution in [0.5, 0.6) is 0 Å². The lowest BCUT2D eigenvalue weighted by Gasteiger charge is -2.23. The number of hydrogen-bond acceptors (Lipinski definition) is 3. The zero-order valence-corrected chi connectivity index (χ0v) is 16.6. The third kappa shape index (κ3) is 4.46. The highest BCUT2D eigenvalue weighted by atomic mass is 16.3. The van der Waals surface area contributed by atoms with Crippen LogP contribution in [-0.4, -0.2) is 28.8 Å². The predicted octanol–water partition coefficient (Wildman–Crippen LogP) is 4.10. The number of amides is 2. The van der Waals surface area contributed by atoms with Crippen LogP contribution in [0.15, 0.2) is 46.9 Å². The van der Waals surface area contributed by atoms with Gasteiger partial charge in [0.15, 0.2) is 0 Å². The molecule has 28 heavy (non-hydrogen) atoms. The number of carbonyl (C=O) groups is 2. The first kappa shape index (κ1) is 18.8. The van der Waals surface area contributed by atoms with Crippen molar-refractivity contribution < 1.29 is 14.0 Å². The fourth-order valence-corrected chi connectivity index (χ4v) is 3.70. The normalized spacial score (nSPS) is 21.8. The summed E-state index contributed by atoms with van der Waals surface area (Å²) in [6.45, 7) is 4.63. The van der Waals surface area contributed by atoms with Gasteiger partial charge in [0.2, 0.25) is 5.91 Å². The Kier molecular flexibility index (Phi) is 5.25. The molecule has 3 unspecified atom stereocenters. The van der Waals surface area contributed by atoms with Gasteiger partial charge >= 0.3 is 0 Å². The first-order valence-electron chi connectivity index (χ1n) is 10.2. The minimum Gasteiger partial charge on any atom is -0.464 e. The number of benzene rings is 1. The minimum atomic E-state index is -0.221. The molecule has 2 aromatic rings. The summed E-state index contributed by atoms with van der Waals surface area (Å²) < 4.78 is 6.00. The summed E-state index contributed by atoms with van der Waals surface area (Å²) in [4.78, 5) is 27.1. The molecular weight excluding hydrogens is 352 g/mol. The summed E-state index contributed by atoms with van der Waals surface area (Å²) in [5.74, 6) is 3.08. The SMILES string of the molecule is CC(CC(=O)N(Cc1ccc(C2CC2C)o1)C1CC1)NC(=O)c1ccccc1. The Balaban J connectivity index is 1.33. The van der Waals surface area contributed by atoms with Gasteiger partial charge in [0.1, 0.15) is 11.5 Å². The molecule has 3 atom stereocenters. The molecule has 1 N–H and O–H groups in total. The fourth-order valence-electron chi connectivity index (χ4n) is 3.70. The lowest BCUT2D eigenvalue weighted by molar-refractivity contribution is -0.133. The van der Waals surface area contributed by atoms with E-state index in [0.717, 1.165) is 24.4 Å². The molecule has 1 heterocycles. The first-order valence-corrected chi connectivity index (χ1v) is 10.2. The molecule has 1 aromatic heterocycles. The number of hydrogen-bond donors (Lipinski definition) is 1. The predicted molar refractivity (Wildman–Crippen MR) is 107 cm³/mol. The monoisotopic (exact) mass is 380 g/mol. The van der Waals surface area contributed by atoms with Gasteiger partial charge in [-0.05, 0) is 56.4 Å². The van der Waals surface area contributed by atoms with Gasteiger partial charge in [-0.25, -0.2) is 0 Å². The average Bonchev–Trinajstić information content (AvgIpc) is 3.60. The Morgan fingerprint density at radius 2 is 1.89 bits per heavy atom. The molecule has 2 aliphatic carbocycles. The summed E-state index contributed by atoms with van der Waals surface area (Å²) in [7, 11) is 0. The quantitative estimate of drug-likeness (QED) is 0.750. The average molecular weight is 380 g/mol. The standard InChI is InChI=1S/C23H28N2O3/c1-15-12-20(15)21-11-10-19(28-21)14-25(18-8-9-18)22(26)13-16(2)24-23(27)17-6-4-3-5-7-17/h3-7,10-11,15-16,18,20H,8-9,12-14H2,1-2H3,(H,24,27). The number of nitrogens with one attached hydrogen (secondary N) is 1. The highest BCUT2D eigenvalue weighted by molar-refractivity contribution is 5.94. The molecule has 4 rings (SSSR count). The van der Waals surface area contributed by atoms with Crippen LogP contribution in [0.4, 0.5) is 0 Å². The highest BCUT2D eigenvalue weighted by Crippen LogP contribution is 2.47. The summed E-state index contributed by atoms with van der Waals surface area (Å²) in [5, 5.41) is 2.93. The number of furan rings is 1. The maximum atomic E-state index is 12.9. The maximum Gasteiger partial charge on any atom is 0.251 e. The second-order valence-electron chi connectivity index (χ2n) is 8.32. The van der Waals surface area contributed by atoms with E-state index in [4.69, 9.17) is 4.42 Å². The molecule has 0 radical (unpaired) electrons. The molecule has 2 amide bonds. The third-order valence-electron chi connectivity index (χ3n) is 5.69. The van der Waals surface area contributed by atoms with Crippen LogP contribution in [0.25, 0.3) is 0 Å². The van der Waals surface area contributed by atoms with Crippen molar-refractivity contribution in [3.8, 4) is 0 Å². The minimum absolute atomic E-state index is 0.0705. The van der Waals surface area contributed by atoms with Crippen molar-refractivity contribution >= 4 is 11.8 Å². The van der Waals surface area contributed by atoms with Gasteiger partial charge in [-0.2, -0.15) is 0 Å². The van der Waals surface area contributed by atoms with Gasteiger partial charge in [-0.15, -0.1) is 0 Å². The number of nitrogens with zero attached hydrogens (tertiary/aromatic N) is 1. The van der Waals surface area contributed by atoms with Gasteiger partial charge in [0, 0.05) is 30.0 Å². The molecule has 5 heteroatoms. The van der Waals surface area contributed by atoms with Gasteiger partial charge in [0.05, 0.1) is 6.54 Å². The zero-order valence-electron chi connectivity index (χ0n) is 16.6. The Morgan fingerprint density at radius 3 is 2.54 bits per heavy atom. The Bertz CT molecular complexity index is 841. The van der Waals surface area contributed by atoms with E-state index in [9.17, 15) is 9.59 Å². The topological polar surface area (TPSA) is 62.6 Å². The Morgan fingerprint density at radius 1 is 1.18 bits per heavy atom. The van der Waals surface area contributed by atoms with Crippen molar-refractivity contribution in [1.82, 2.24) is 10.2 Å². The molecule has 1 aromatic carbocycles. The molecule has 0 aliphatic heterocycles. The highest BCUT2D eigenvalue weighted by Gasteiger charge is 2.37. The van der Waals surface area contributed by atoms with E-state index in [1.807, 2.05) is 36.1 Å². The molecule has 0 spiro atoms. The first-order chi connectivity index (χ1) is 13.5. The lowest BCUT2D eigenvalue weighted by Crippen LogP contribution is -2.40. The van der Waals surface area contributed by atoms with E-state index in [-0.39, 0.29) is 17.9 Å². The summed E-state index contributed by atoms with van der Waals surface area (Å²) >= 11 is 0. The molecule has 0 saturated heterocycles. The van der Waals surface area contributed by atoms with Gasteiger partial charge in [0.25, 0.3) is 5.91 Å². The van der Waals surface area contributed by atoms with E-state index in [2.05, 4.69) is 18.3 Å². The van der Waals surface area contributed by atoms with Crippen LogP contribution >= 0.6 is 0 Å². The van der Waals surface area contributed by atoms with Crippen molar-refractivity contribution in [3.05, 3.63) is 59.5 Å². The van der Waals surface area contributed by atoms with Gasteiger partial charge in [-0.1, -0.05) is 25.1 Å². The smallest absolute Gasteiger partial charge is 0.251 e. The molecule has 148 valence electrons.